The number of aryl methyl sites for hydroxylation is 2. The summed E-state index contributed by atoms with van der Waals surface area (Å²) in [6.07, 6.45) is 4.93. The molecule has 8 nitrogen and oxygen atoms in total. The molecule has 0 aliphatic heterocycles. The Kier molecular flexibility index (Phi) is 9.46. The number of hydrogen-bond acceptors (Lipinski definition) is 8. The van der Waals surface area contributed by atoms with Gasteiger partial charge in [-0.2, -0.15) is 5.10 Å². The van der Waals surface area contributed by atoms with Gasteiger partial charge in [0.15, 0.2) is 5.82 Å². The highest BCUT2D eigenvalue weighted by atomic mass is 32.1. The number of anilines is 2. The Morgan fingerprint density at radius 2 is 1.61 bits per heavy atom. The van der Waals surface area contributed by atoms with Crippen LogP contribution in [0, 0.1) is 0 Å². The van der Waals surface area contributed by atoms with Crippen LogP contribution >= 0.6 is 11.3 Å². The average molecular weight is 502 g/mol. The number of rotatable bonds is 13. The van der Waals surface area contributed by atoms with E-state index in [4.69, 9.17) is 5.73 Å². The quantitative estimate of drug-likeness (QED) is 0.235. The van der Waals surface area contributed by atoms with E-state index in [0.717, 1.165) is 65.6 Å². The Morgan fingerprint density at radius 1 is 0.806 bits per heavy atom. The molecule has 0 saturated heterocycles. The van der Waals surface area contributed by atoms with Crippen molar-refractivity contribution in [3.63, 3.8) is 0 Å². The Bertz CT molecular complexity index is 1230. The minimum absolute atomic E-state index is 0.102. The first-order valence-corrected chi connectivity index (χ1v) is 13.0. The average Bonchev–Trinajstić information content (AvgIpc) is 3.36. The zero-order valence-corrected chi connectivity index (χ0v) is 21.0. The van der Waals surface area contributed by atoms with E-state index in [0.29, 0.717) is 18.8 Å². The normalized spacial score (nSPS) is 10.8. The van der Waals surface area contributed by atoms with Crippen LogP contribution in [0.15, 0.2) is 66.7 Å². The van der Waals surface area contributed by atoms with Crippen molar-refractivity contribution in [2.24, 2.45) is 5.73 Å². The van der Waals surface area contributed by atoms with Gasteiger partial charge in [0.2, 0.25) is 11.0 Å². The summed E-state index contributed by atoms with van der Waals surface area (Å²) in [4.78, 5) is 12.2. The topological polar surface area (TPSA) is 119 Å². The van der Waals surface area contributed by atoms with Gasteiger partial charge in [-0.05, 0) is 54.5 Å². The fraction of sp³-hybridized carbons (Fsp3) is 0.296. The van der Waals surface area contributed by atoms with Gasteiger partial charge in [-0.1, -0.05) is 65.9 Å². The number of carbonyl (C=O) groups is 1. The largest absolute Gasteiger partial charge is 0.360 e. The molecule has 186 valence electrons. The number of amides is 1. The first-order chi connectivity index (χ1) is 17.7. The van der Waals surface area contributed by atoms with E-state index in [1.165, 1.54) is 5.56 Å². The number of nitrogens with two attached hydrogens (primary N) is 1. The van der Waals surface area contributed by atoms with Gasteiger partial charge in [0, 0.05) is 19.5 Å². The first kappa shape index (κ1) is 25.4. The van der Waals surface area contributed by atoms with Gasteiger partial charge in [-0.25, -0.2) is 0 Å². The number of aromatic nitrogens is 4. The predicted molar refractivity (Wildman–Crippen MR) is 144 cm³/mol. The fourth-order valence-electron chi connectivity index (χ4n) is 3.76. The summed E-state index contributed by atoms with van der Waals surface area (Å²) in [5, 5.41) is 25.0. The lowest BCUT2D eigenvalue weighted by Gasteiger charge is -2.05. The standard InChI is InChI=1S/C27H31N7OS/c28-19-22-10-6-9-21(17-22)15-16-29-27-34-33-26(36-27)12-5-4-11-23-13-14-24(32-31-23)30-25(35)18-20-7-2-1-3-8-20/h1-3,6-10,13-14,17H,4-5,11-12,15-16,18-19,28H2,(H,29,34)(H,30,32,35). The van der Waals surface area contributed by atoms with Crippen molar-refractivity contribution in [2.45, 2.75) is 45.1 Å². The second-order valence-corrected chi connectivity index (χ2v) is 9.59. The summed E-state index contributed by atoms with van der Waals surface area (Å²) in [5.41, 5.74) is 10.0. The van der Waals surface area contributed by atoms with Crippen molar-refractivity contribution in [3.8, 4) is 0 Å². The molecule has 2 aromatic carbocycles. The molecule has 4 aromatic rings. The second-order valence-electron chi connectivity index (χ2n) is 8.53. The number of hydrogen-bond donors (Lipinski definition) is 3. The molecule has 0 radical (unpaired) electrons. The number of carbonyl (C=O) groups excluding carboxylic acids is 1. The monoisotopic (exact) mass is 501 g/mol. The number of unbranched alkanes of at least 4 members (excludes halogenated alkanes) is 1. The third-order valence-electron chi connectivity index (χ3n) is 5.65. The summed E-state index contributed by atoms with van der Waals surface area (Å²) < 4.78 is 0. The molecule has 0 saturated carbocycles. The Balaban J connectivity index is 1.12. The predicted octanol–water partition coefficient (Wildman–Crippen LogP) is 4.19. The van der Waals surface area contributed by atoms with Crippen molar-refractivity contribution in [1.82, 2.24) is 20.4 Å². The zero-order valence-electron chi connectivity index (χ0n) is 20.2. The van der Waals surface area contributed by atoms with Crippen LogP contribution in [0.1, 0.15) is 40.2 Å². The third kappa shape index (κ3) is 8.21. The van der Waals surface area contributed by atoms with Gasteiger partial charge in [0.1, 0.15) is 5.01 Å². The minimum Gasteiger partial charge on any atom is -0.360 e. The second kappa shape index (κ2) is 13.4. The van der Waals surface area contributed by atoms with Gasteiger partial charge in [0.25, 0.3) is 0 Å². The van der Waals surface area contributed by atoms with Crippen LogP contribution < -0.4 is 16.4 Å². The van der Waals surface area contributed by atoms with E-state index in [2.05, 4.69) is 43.2 Å². The molecule has 1 amide bonds. The van der Waals surface area contributed by atoms with Crippen LogP contribution in [0.25, 0.3) is 0 Å². The van der Waals surface area contributed by atoms with Gasteiger partial charge in [-0.15, -0.1) is 15.3 Å². The van der Waals surface area contributed by atoms with E-state index in [9.17, 15) is 4.79 Å². The summed E-state index contributed by atoms with van der Waals surface area (Å²) in [6.45, 7) is 1.37. The van der Waals surface area contributed by atoms with Crippen LogP contribution in [0.3, 0.4) is 0 Å². The molecule has 0 fully saturated rings. The molecule has 0 atom stereocenters. The molecule has 9 heteroatoms. The summed E-state index contributed by atoms with van der Waals surface area (Å²) in [6, 6.07) is 21.7. The third-order valence-corrected chi connectivity index (χ3v) is 6.59. The number of nitrogens with one attached hydrogen (secondary N) is 2. The lowest BCUT2D eigenvalue weighted by atomic mass is 10.1. The Hall–Kier alpha value is -3.69. The van der Waals surface area contributed by atoms with Crippen LogP contribution in [0.4, 0.5) is 10.9 Å². The van der Waals surface area contributed by atoms with Crippen molar-refractivity contribution in [2.75, 3.05) is 17.2 Å². The molecule has 0 aliphatic rings. The molecule has 2 aromatic heterocycles. The lowest BCUT2D eigenvalue weighted by molar-refractivity contribution is -0.115. The SMILES string of the molecule is NCc1cccc(CCNc2nnc(CCCCc3ccc(NC(=O)Cc4ccccc4)nn3)s2)c1. The van der Waals surface area contributed by atoms with E-state index in [1.807, 2.05) is 48.5 Å². The van der Waals surface area contributed by atoms with Crippen molar-refractivity contribution in [1.29, 1.82) is 0 Å². The molecule has 2 heterocycles. The summed E-state index contributed by atoms with van der Waals surface area (Å²) in [7, 11) is 0. The molecule has 0 aliphatic carbocycles. The molecule has 4 rings (SSSR count). The van der Waals surface area contributed by atoms with Crippen molar-refractivity contribution >= 4 is 28.2 Å². The van der Waals surface area contributed by atoms with Gasteiger partial charge in [-0.3, -0.25) is 4.79 Å². The molecule has 0 spiro atoms. The molecule has 36 heavy (non-hydrogen) atoms. The van der Waals surface area contributed by atoms with Gasteiger partial charge < -0.3 is 16.4 Å². The van der Waals surface area contributed by atoms with Crippen LogP contribution in [-0.4, -0.2) is 32.8 Å². The Labute approximate surface area is 215 Å². The number of benzene rings is 2. The zero-order chi connectivity index (χ0) is 25.0. The maximum absolute atomic E-state index is 12.2. The van der Waals surface area contributed by atoms with Gasteiger partial charge in [0.05, 0.1) is 12.1 Å². The molecular formula is C27H31N7OS. The van der Waals surface area contributed by atoms with Crippen molar-refractivity contribution in [3.05, 3.63) is 94.1 Å². The van der Waals surface area contributed by atoms with Gasteiger partial charge >= 0.3 is 0 Å². The first-order valence-electron chi connectivity index (χ1n) is 12.2. The summed E-state index contributed by atoms with van der Waals surface area (Å²) >= 11 is 1.61. The molecule has 0 unspecified atom stereocenters. The maximum atomic E-state index is 12.2. The minimum atomic E-state index is -0.102. The van der Waals surface area contributed by atoms with E-state index in [-0.39, 0.29) is 5.91 Å². The molecular weight excluding hydrogens is 470 g/mol. The highest BCUT2D eigenvalue weighted by Gasteiger charge is 2.07. The van der Waals surface area contributed by atoms with E-state index >= 15 is 0 Å². The lowest BCUT2D eigenvalue weighted by Crippen LogP contribution is -2.15. The Morgan fingerprint density at radius 3 is 2.42 bits per heavy atom. The van der Waals surface area contributed by atoms with Crippen LogP contribution in [-0.2, 0) is 37.0 Å². The van der Waals surface area contributed by atoms with E-state index in [1.54, 1.807) is 17.4 Å². The highest BCUT2D eigenvalue weighted by molar-refractivity contribution is 7.15. The van der Waals surface area contributed by atoms with Crippen LogP contribution in [0.2, 0.25) is 0 Å². The number of nitrogens with zero attached hydrogens (tertiary/aromatic N) is 4. The van der Waals surface area contributed by atoms with Crippen LogP contribution in [0.5, 0.6) is 0 Å². The van der Waals surface area contributed by atoms with Crippen molar-refractivity contribution < 1.29 is 4.79 Å². The smallest absolute Gasteiger partial charge is 0.229 e. The highest BCUT2D eigenvalue weighted by Crippen LogP contribution is 2.18. The van der Waals surface area contributed by atoms with E-state index < -0.39 is 0 Å². The molecule has 0 bridgehead atoms. The summed E-state index contributed by atoms with van der Waals surface area (Å²) in [5.74, 6) is 0.371. The maximum Gasteiger partial charge on any atom is 0.229 e. The molecule has 4 N–H and O–H groups in total. The fourth-order valence-corrected chi connectivity index (χ4v) is 4.57.